The third kappa shape index (κ3) is 0.734. The van der Waals surface area contributed by atoms with E-state index < -0.39 is 0 Å². The van der Waals surface area contributed by atoms with Crippen LogP contribution >= 0.6 is 0 Å². The van der Waals surface area contributed by atoms with Gasteiger partial charge in [0.05, 0.1) is 6.10 Å². The molecular formula is C9H14O. The lowest BCUT2D eigenvalue weighted by Gasteiger charge is -2.13. The van der Waals surface area contributed by atoms with Crippen molar-refractivity contribution < 1.29 is 5.11 Å². The monoisotopic (exact) mass is 138 g/mol. The molecule has 0 heterocycles. The van der Waals surface area contributed by atoms with Crippen LogP contribution in [0.1, 0.15) is 26.2 Å². The molecule has 0 aromatic carbocycles. The molecule has 2 aliphatic carbocycles. The summed E-state index contributed by atoms with van der Waals surface area (Å²) in [5.41, 5.74) is 1.52. The Hall–Kier alpha value is -0.300. The fourth-order valence-electron chi connectivity index (χ4n) is 2.41. The summed E-state index contributed by atoms with van der Waals surface area (Å²) >= 11 is 0. The molecule has 0 saturated heterocycles. The van der Waals surface area contributed by atoms with Gasteiger partial charge >= 0.3 is 0 Å². The maximum Gasteiger partial charge on any atom is 0.0577 e. The van der Waals surface area contributed by atoms with Gasteiger partial charge in [0.15, 0.2) is 0 Å². The normalized spacial score (nSPS) is 45.4. The molecule has 1 nitrogen and oxygen atoms in total. The van der Waals surface area contributed by atoms with Crippen molar-refractivity contribution in [1.82, 2.24) is 0 Å². The Balaban J connectivity index is 2.16. The van der Waals surface area contributed by atoms with Crippen LogP contribution in [-0.2, 0) is 0 Å². The van der Waals surface area contributed by atoms with Gasteiger partial charge < -0.3 is 5.11 Å². The summed E-state index contributed by atoms with van der Waals surface area (Å²) in [4.78, 5) is 0. The maximum absolute atomic E-state index is 9.48. The van der Waals surface area contributed by atoms with E-state index in [9.17, 15) is 5.11 Å². The quantitative estimate of drug-likeness (QED) is 0.505. The summed E-state index contributed by atoms with van der Waals surface area (Å²) in [5.74, 6) is 1.31. The molecule has 0 spiro atoms. The van der Waals surface area contributed by atoms with E-state index >= 15 is 0 Å². The van der Waals surface area contributed by atoms with Crippen LogP contribution in [-0.4, -0.2) is 11.2 Å². The zero-order valence-corrected chi connectivity index (χ0v) is 6.38. The average molecular weight is 138 g/mol. The van der Waals surface area contributed by atoms with Gasteiger partial charge in [-0.15, -0.1) is 0 Å². The third-order valence-electron chi connectivity index (χ3n) is 3.08. The van der Waals surface area contributed by atoms with Crippen molar-refractivity contribution in [3.8, 4) is 0 Å². The van der Waals surface area contributed by atoms with Crippen molar-refractivity contribution in [2.75, 3.05) is 0 Å². The van der Waals surface area contributed by atoms with Crippen LogP contribution in [0, 0.1) is 11.8 Å². The minimum Gasteiger partial charge on any atom is -0.393 e. The molecule has 1 saturated carbocycles. The van der Waals surface area contributed by atoms with E-state index in [1.807, 2.05) is 0 Å². The molecular weight excluding hydrogens is 124 g/mol. The Morgan fingerprint density at radius 1 is 1.50 bits per heavy atom. The lowest BCUT2D eigenvalue weighted by Crippen LogP contribution is -2.14. The predicted octanol–water partition coefficient (Wildman–Crippen LogP) is 1.72. The van der Waals surface area contributed by atoms with Gasteiger partial charge in [-0.25, -0.2) is 0 Å². The highest BCUT2D eigenvalue weighted by Gasteiger charge is 2.37. The van der Waals surface area contributed by atoms with E-state index in [0.717, 1.165) is 18.8 Å². The summed E-state index contributed by atoms with van der Waals surface area (Å²) in [6.07, 6.45) is 5.66. The summed E-state index contributed by atoms with van der Waals surface area (Å²) in [7, 11) is 0. The second kappa shape index (κ2) is 2.09. The van der Waals surface area contributed by atoms with Gasteiger partial charge in [-0.05, 0) is 38.0 Å². The number of aliphatic hydroxyl groups excluding tert-OH is 1. The molecule has 0 radical (unpaired) electrons. The Kier molecular flexibility index (Phi) is 1.34. The molecule has 0 amide bonds. The first-order valence-electron chi connectivity index (χ1n) is 4.14. The molecule has 1 fully saturated rings. The van der Waals surface area contributed by atoms with Crippen LogP contribution in [0.4, 0.5) is 0 Å². The predicted molar refractivity (Wildman–Crippen MR) is 40.6 cm³/mol. The van der Waals surface area contributed by atoms with Crippen molar-refractivity contribution in [3.05, 3.63) is 11.6 Å². The molecule has 3 atom stereocenters. The zero-order valence-electron chi connectivity index (χ0n) is 6.38. The largest absolute Gasteiger partial charge is 0.393 e. The standard InChI is InChI=1S/C9H14O/c1-6-2-3-8-7(6)4-5-9(8)10/h2,7-10H,3-5H2,1H3. The Morgan fingerprint density at radius 3 is 3.00 bits per heavy atom. The number of hydrogen-bond acceptors (Lipinski definition) is 1. The maximum atomic E-state index is 9.48. The lowest BCUT2D eigenvalue weighted by molar-refractivity contribution is 0.128. The summed E-state index contributed by atoms with van der Waals surface area (Å²) in [5, 5.41) is 9.48. The van der Waals surface area contributed by atoms with E-state index in [-0.39, 0.29) is 6.10 Å². The molecule has 0 aromatic rings. The number of aliphatic hydroxyl groups is 1. The van der Waals surface area contributed by atoms with Crippen LogP contribution < -0.4 is 0 Å². The molecule has 3 unspecified atom stereocenters. The van der Waals surface area contributed by atoms with E-state index in [1.54, 1.807) is 0 Å². The fourth-order valence-corrected chi connectivity index (χ4v) is 2.41. The molecule has 1 heteroatoms. The van der Waals surface area contributed by atoms with Crippen molar-refractivity contribution in [3.63, 3.8) is 0 Å². The van der Waals surface area contributed by atoms with Gasteiger partial charge in [-0.2, -0.15) is 0 Å². The molecule has 10 heavy (non-hydrogen) atoms. The van der Waals surface area contributed by atoms with Crippen LogP contribution in [0.3, 0.4) is 0 Å². The minimum absolute atomic E-state index is 0.00120. The van der Waals surface area contributed by atoms with Gasteiger partial charge in [0, 0.05) is 0 Å². The molecule has 0 bridgehead atoms. The summed E-state index contributed by atoms with van der Waals surface area (Å²) in [6, 6.07) is 0. The average Bonchev–Trinajstić information content (AvgIpc) is 2.41. The second-order valence-corrected chi connectivity index (χ2v) is 3.60. The highest BCUT2D eigenvalue weighted by Crippen LogP contribution is 2.43. The molecule has 0 aliphatic heterocycles. The Labute approximate surface area is 61.8 Å². The zero-order chi connectivity index (χ0) is 7.14. The number of allylic oxidation sites excluding steroid dienone is 2. The first-order chi connectivity index (χ1) is 4.79. The van der Waals surface area contributed by atoms with Gasteiger partial charge in [0.25, 0.3) is 0 Å². The van der Waals surface area contributed by atoms with Gasteiger partial charge in [-0.1, -0.05) is 11.6 Å². The van der Waals surface area contributed by atoms with E-state index in [2.05, 4.69) is 13.0 Å². The molecule has 56 valence electrons. The summed E-state index contributed by atoms with van der Waals surface area (Å²) < 4.78 is 0. The van der Waals surface area contributed by atoms with Crippen LogP contribution in [0.2, 0.25) is 0 Å². The topological polar surface area (TPSA) is 20.2 Å². The fraction of sp³-hybridized carbons (Fsp3) is 0.778. The van der Waals surface area contributed by atoms with Crippen molar-refractivity contribution in [2.45, 2.75) is 32.3 Å². The van der Waals surface area contributed by atoms with Crippen molar-refractivity contribution >= 4 is 0 Å². The molecule has 2 rings (SSSR count). The highest BCUT2D eigenvalue weighted by molar-refractivity contribution is 5.16. The summed E-state index contributed by atoms with van der Waals surface area (Å²) in [6.45, 7) is 2.20. The number of hydrogen-bond donors (Lipinski definition) is 1. The van der Waals surface area contributed by atoms with Gasteiger partial charge in [0.1, 0.15) is 0 Å². The minimum atomic E-state index is -0.00120. The van der Waals surface area contributed by atoms with Gasteiger partial charge in [-0.3, -0.25) is 0 Å². The highest BCUT2D eigenvalue weighted by atomic mass is 16.3. The first-order valence-corrected chi connectivity index (χ1v) is 4.14. The van der Waals surface area contributed by atoms with Gasteiger partial charge in [0.2, 0.25) is 0 Å². The van der Waals surface area contributed by atoms with E-state index in [0.29, 0.717) is 5.92 Å². The number of rotatable bonds is 0. The number of fused-ring (bicyclic) bond motifs is 1. The van der Waals surface area contributed by atoms with Crippen LogP contribution in [0.25, 0.3) is 0 Å². The van der Waals surface area contributed by atoms with Crippen LogP contribution in [0.5, 0.6) is 0 Å². The Bertz CT molecular complexity index is 172. The van der Waals surface area contributed by atoms with Crippen LogP contribution in [0.15, 0.2) is 11.6 Å². The molecule has 1 N–H and O–H groups in total. The van der Waals surface area contributed by atoms with Crippen molar-refractivity contribution in [1.29, 1.82) is 0 Å². The third-order valence-corrected chi connectivity index (χ3v) is 3.08. The van der Waals surface area contributed by atoms with E-state index in [4.69, 9.17) is 0 Å². The van der Waals surface area contributed by atoms with Crippen molar-refractivity contribution in [2.24, 2.45) is 11.8 Å². The smallest absolute Gasteiger partial charge is 0.0577 e. The second-order valence-electron chi connectivity index (χ2n) is 3.60. The molecule has 2 aliphatic rings. The lowest BCUT2D eigenvalue weighted by atomic mass is 9.95. The Morgan fingerprint density at radius 2 is 2.30 bits per heavy atom. The van der Waals surface area contributed by atoms with E-state index in [1.165, 1.54) is 12.0 Å². The molecule has 0 aromatic heterocycles. The SMILES string of the molecule is CC1=CCC2C(O)CCC12. The first kappa shape index (κ1) is 6.41.